The summed E-state index contributed by atoms with van der Waals surface area (Å²) in [7, 11) is 0. The van der Waals surface area contributed by atoms with E-state index in [2.05, 4.69) is 20.8 Å². The molecule has 1 aromatic carbocycles. The van der Waals surface area contributed by atoms with Crippen LogP contribution in [0.15, 0.2) is 30.3 Å². The first kappa shape index (κ1) is 17.1. The number of para-hydroxylation sites is 1. The Morgan fingerprint density at radius 3 is 1.90 bits per heavy atom. The van der Waals surface area contributed by atoms with E-state index in [0.717, 1.165) is 12.4 Å². The van der Waals surface area contributed by atoms with Gasteiger partial charge in [-0.2, -0.15) is 0 Å². The van der Waals surface area contributed by atoms with E-state index in [9.17, 15) is 0 Å². The number of ether oxygens (including phenoxy) is 1. The topological polar surface area (TPSA) is 9.23 Å². The van der Waals surface area contributed by atoms with Crippen molar-refractivity contribution in [2.45, 2.75) is 72.1 Å². The van der Waals surface area contributed by atoms with Gasteiger partial charge in [0.1, 0.15) is 5.75 Å². The van der Waals surface area contributed by atoms with Crippen LogP contribution < -0.4 is 4.74 Å². The second kappa shape index (κ2) is 9.85. The molecule has 0 radical (unpaired) electrons. The number of rotatable bonds is 10. The second-order valence-corrected chi connectivity index (χ2v) is 6.95. The lowest BCUT2D eigenvalue weighted by Gasteiger charge is -2.17. The number of hydrogen-bond acceptors (Lipinski definition) is 1. The highest BCUT2D eigenvalue weighted by atomic mass is 16.5. The van der Waals surface area contributed by atoms with Crippen molar-refractivity contribution in [1.29, 1.82) is 0 Å². The van der Waals surface area contributed by atoms with Crippen LogP contribution in [0.1, 0.15) is 72.1 Å². The minimum Gasteiger partial charge on any atom is -0.494 e. The highest BCUT2D eigenvalue weighted by Gasteiger charge is 2.08. The van der Waals surface area contributed by atoms with E-state index in [0.29, 0.717) is 5.41 Å². The van der Waals surface area contributed by atoms with Crippen LogP contribution in [0.5, 0.6) is 5.75 Å². The molecule has 1 nitrogen and oxygen atoms in total. The van der Waals surface area contributed by atoms with Gasteiger partial charge in [-0.05, 0) is 30.4 Å². The predicted octanol–water partition coefficient (Wildman–Crippen LogP) is 6.23. The van der Waals surface area contributed by atoms with Gasteiger partial charge in [-0.25, -0.2) is 0 Å². The summed E-state index contributed by atoms with van der Waals surface area (Å²) in [6.45, 7) is 7.85. The van der Waals surface area contributed by atoms with Gasteiger partial charge in [-0.15, -0.1) is 0 Å². The summed E-state index contributed by atoms with van der Waals surface area (Å²) < 4.78 is 5.69. The van der Waals surface area contributed by atoms with E-state index in [-0.39, 0.29) is 0 Å². The first-order valence-corrected chi connectivity index (χ1v) is 8.26. The molecule has 0 aliphatic heterocycles. The highest BCUT2D eigenvalue weighted by molar-refractivity contribution is 5.20. The molecule has 0 atom stereocenters. The molecule has 0 heterocycles. The zero-order chi connectivity index (χ0) is 14.7. The van der Waals surface area contributed by atoms with Crippen LogP contribution in [-0.4, -0.2) is 6.61 Å². The molecule has 0 amide bonds. The van der Waals surface area contributed by atoms with Gasteiger partial charge >= 0.3 is 0 Å². The van der Waals surface area contributed by atoms with Gasteiger partial charge in [0.15, 0.2) is 0 Å². The van der Waals surface area contributed by atoms with Gasteiger partial charge in [0.25, 0.3) is 0 Å². The van der Waals surface area contributed by atoms with Crippen molar-refractivity contribution in [2.75, 3.05) is 6.61 Å². The molecule has 114 valence electrons. The second-order valence-electron chi connectivity index (χ2n) is 6.95. The third kappa shape index (κ3) is 9.89. The van der Waals surface area contributed by atoms with Gasteiger partial charge in [0, 0.05) is 0 Å². The standard InChI is InChI=1S/C19H32O/c1-19(2,3)16-12-7-5-4-6-8-13-17-20-18-14-10-9-11-15-18/h9-11,14-15H,4-8,12-13,16-17H2,1-3H3. The molecule has 0 unspecified atom stereocenters. The minimum atomic E-state index is 0.509. The maximum Gasteiger partial charge on any atom is 0.119 e. The summed E-state index contributed by atoms with van der Waals surface area (Å²) in [5.74, 6) is 0.995. The molecule has 1 heteroatoms. The van der Waals surface area contributed by atoms with Crippen molar-refractivity contribution in [1.82, 2.24) is 0 Å². The lowest BCUT2D eigenvalue weighted by atomic mass is 9.89. The van der Waals surface area contributed by atoms with Crippen molar-refractivity contribution in [3.8, 4) is 5.75 Å². The lowest BCUT2D eigenvalue weighted by molar-refractivity contribution is 0.304. The van der Waals surface area contributed by atoms with Crippen LogP contribution in [0.3, 0.4) is 0 Å². The molecular weight excluding hydrogens is 244 g/mol. The molecule has 0 aliphatic carbocycles. The predicted molar refractivity (Wildman–Crippen MR) is 88.3 cm³/mol. The summed E-state index contributed by atoms with van der Waals surface area (Å²) in [4.78, 5) is 0. The molecule has 0 aliphatic rings. The lowest BCUT2D eigenvalue weighted by Crippen LogP contribution is -2.03. The number of unbranched alkanes of at least 4 members (excludes halogenated alkanes) is 6. The Kier molecular flexibility index (Phi) is 8.41. The van der Waals surface area contributed by atoms with Crippen molar-refractivity contribution >= 4 is 0 Å². The maximum absolute atomic E-state index is 5.69. The van der Waals surface area contributed by atoms with E-state index in [1.807, 2.05) is 30.3 Å². The maximum atomic E-state index is 5.69. The third-order valence-electron chi connectivity index (χ3n) is 3.58. The summed E-state index contributed by atoms with van der Waals surface area (Å²) in [6.07, 6.45) is 10.8. The van der Waals surface area contributed by atoms with Crippen molar-refractivity contribution < 1.29 is 4.74 Å². The van der Waals surface area contributed by atoms with Gasteiger partial charge in [-0.1, -0.05) is 77.5 Å². The van der Waals surface area contributed by atoms with E-state index in [1.165, 1.54) is 51.4 Å². The van der Waals surface area contributed by atoms with Crippen LogP contribution in [0.2, 0.25) is 0 Å². The first-order valence-electron chi connectivity index (χ1n) is 8.26. The summed E-state index contributed by atoms with van der Waals surface area (Å²) in [6, 6.07) is 10.1. The van der Waals surface area contributed by atoms with Gasteiger partial charge in [0.2, 0.25) is 0 Å². The molecule has 0 spiro atoms. The molecule has 1 aromatic rings. The van der Waals surface area contributed by atoms with Gasteiger partial charge in [0.05, 0.1) is 6.61 Å². The van der Waals surface area contributed by atoms with E-state index in [4.69, 9.17) is 4.74 Å². The van der Waals surface area contributed by atoms with Crippen LogP contribution in [0.4, 0.5) is 0 Å². The molecule has 1 rings (SSSR count). The number of benzene rings is 1. The van der Waals surface area contributed by atoms with Crippen LogP contribution in [-0.2, 0) is 0 Å². The molecule has 0 fully saturated rings. The molecule has 0 saturated heterocycles. The average molecular weight is 276 g/mol. The smallest absolute Gasteiger partial charge is 0.119 e. The molecule has 0 aromatic heterocycles. The summed E-state index contributed by atoms with van der Waals surface area (Å²) in [5, 5.41) is 0. The Morgan fingerprint density at radius 1 is 0.750 bits per heavy atom. The number of hydrogen-bond donors (Lipinski definition) is 0. The third-order valence-corrected chi connectivity index (χ3v) is 3.58. The summed E-state index contributed by atoms with van der Waals surface area (Å²) >= 11 is 0. The fraction of sp³-hybridized carbons (Fsp3) is 0.684. The Morgan fingerprint density at radius 2 is 1.30 bits per heavy atom. The highest BCUT2D eigenvalue weighted by Crippen LogP contribution is 2.22. The zero-order valence-electron chi connectivity index (χ0n) is 13.7. The Labute approximate surface area is 125 Å². The molecule has 0 saturated carbocycles. The quantitative estimate of drug-likeness (QED) is 0.460. The van der Waals surface area contributed by atoms with Gasteiger partial charge < -0.3 is 4.74 Å². The molecule has 20 heavy (non-hydrogen) atoms. The summed E-state index contributed by atoms with van der Waals surface area (Å²) in [5.41, 5.74) is 0.509. The normalized spacial score (nSPS) is 11.6. The Bertz CT molecular complexity index is 323. The van der Waals surface area contributed by atoms with Crippen LogP contribution in [0.25, 0.3) is 0 Å². The van der Waals surface area contributed by atoms with Crippen LogP contribution >= 0.6 is 0 Å². The van der Waals surface area contributed by atoms with Crippen molar-refractivity contribution in [3.05, 3.63) is 30.3 Å². The molecule has 0 bridgehead atoms. The zero-order valence-corrected chi connectivity index (χ0v) is 13.7. The molecule has 0 N–H and O–H groups in total. The van der Waals surface area contributed by atoms with E-state index in [1.54, 1.807) is 0 Å². The largest absolute Gasteiger partial charge is 0.494 e. The average Bonchev–Trinajstić information content (AvgIpc) is 2.41. The van der Waals surface area contributed by atoms with Crippen molar-refractivity contribution in [2.24, 2.45) is 5.41 Å². The van der Waals surface area contributed by atoms with Crippen molar-refractivity contribution in [3.63, 3.8) is 0 Å². The van der Waals surface area contributed by atoms with E-state index >= 15 is 0 Å². The van der Waals surface area contributed by atoms with E-state index < -0.39 is 0 Å². The molecular formula is C19H32O. The fourth-order valence-corrected chi connectivity index (χ4v) is 2.35. The van der Waals surface area contributed by atoms with Gasteiger partial charge in [-0.3, -0.25) is 0 Å². The Balaban J connectivity index is 1.83. The SMILES string of the molecule is CC(C)(C)CCCCCCCCCOc1ccccc1. The monoisotopic (exact) mass is 276 g/mol. The first-order chi connectivity index (χ1) is 9.58. The fourth-order valence-electron chi connectivity index (χ4n) is 2.35. The minimum absolute atomic E-state index is 0.509. The Hall–Kier alpha value is -0.980. The van der Waals surface area contributed by atoms with Crippen LogP contribution in [0, 0.1) is 5.41 Å².